The van der Waals surface area contributed by atoms with Crippen molar-refractivity contribution in [2.75, 3.05) is 0 Å². The summed E-state index contributed by atoms with van der Waals surface area (Å²) in [4.78, 5) is 15.7. The number of nitrogens with zero attached hydrogens (tertiary/aromatic N) is 1. The van der Waals surface area contributed by atoms with Gasteiger partial charge in [-0.3, -0.25) is 9.79 Å². The van der Waals surface area contributed by atoms with E-state index in [2.05, 4.69) is 4.99 Å². The van der Waals surface area contributed by atoms with Crippen LogP contribution in [0.15, 0.2) is 59.6 Å². The Morgan fingerprint density at radius 2 is 1.74 bits per heavy atom. The zero-order valence-corrected chi connectivity index (χ0v) is 10.9. The van der Waals surface area contributed by atoms with Crippen molar-refractivity contribution in [3.63, 3.8) is 0 Å². The van der Waals surface area contributed by atoms with Gasteiger partial charge < -0.3 is 5.73 Å². The number of amides is 1. The lowest BCUT2D eigenvalue weighted by Crippen LogP contribution is -2.20. The number of rotatable bonds is 4. The minimum Gasteiger partial charge on any atom is -0.368 e. The van der Waals surface area contributed by atoms with E-state index in [0.717, 1.165) is 11.1 Å². The van der Waals surface area contributed by atoms with Crippen molar-refractivity contribution in [3.8, 4) is 0 Å². The zero-order chi connectivity index (χ0) is 13.7. The summed E-state index contributed by atoms with van der Waals surface area (Å²) in [6.07, 6.45) is 1.57. The first kappa shape index (κ1) is 13.3. The number of nitrogens with two attached hydrogens (primary N) is 1. The highest BCUT2D eigenvalue weighted by atomic mass is 35.5. The second kappa shape index (κ2) is 6.16. The number of hydrogen-bond donors (Lipinski definition) is 1. The maximum Gasteiger partial charge on any atom is 0.246 e. The molecule has 0 aliphatic carbocycles. The van der Waals surface area contributed by atoms with Crippen LogP contribution >= 0.6 is 11.6 Å². The Bertz CT molecular complexity index is 596. The van der Waals surface area contributed by atoms with Crippen molar-refractivity contribution in [1.82, 2.24) is 0 Å². The quantitative estimate of drug-likeness (QED) is 0.855. The molecular formula is C15H13ClN2O. The third-order valence-electron chi connectivity index (χ3n) is 2.65. The number of primary amides is 1. The van der Waals surface area contributed by atoms with Gasteiger partial charge in [-0.25, -0.2) is 0 Å². The fraction of sp³-hybridized carbons (Fsp3) is 0.0667. The molecule has 0 aliphatic rings. The first-order chi connectivity index (χ1) is 9.18. The first-order valence-electron chi connectivity index (χ1n) is 5.80. The lowest BCUT2D eigenvalue weighted by atomic mass is 10.1. The van der Waals surface area contributed by atoms with Crippen LogP contribution in [0.1, 0.15) is 17.2 Å². The lowest BCUT2D eigenvalue weighted by Gasteiger charge is -2.08. The van der Waals surface area contributed by atoms with Gasteiger partial charge in [-0.15, -0.1) is 0 Å². The number of carbonyl (C=O) groups is 1. The Balaban J connectivity index is 2.28. The molecule has 0 saturated heterocycles. The Morgan fingerprint density at radius 1 is 1.11 bits per heavy atom. The van der Waals surface area contributed by atoms with E-state index < -0.39 is 11.9 Å². The van der Waals surface area contributed by atoms with Crippen molar-refractivity contribution in [3.05, 3.63) is 70.7 Å². The molecule has 0 heterocycles. The summed E-state index contributed by atoms with van der Waals surface area (Å²) >= 11 is 6.03. The van der Waals surface area contributed by atoms with E-state index in [4.69, 9.17) is 17.3 Å². The van der Waals surface area contributed by atoms with Crippen LogP contribution in [-0.2, 0) is 4.79 Å². The van der Waals surface area contributed by atoms with Crippen molar-refractivity contribution in [2.24, 2.45) is 10.7 Å². The van der Waals surface area contributed by atoms with Gasteiger partial charge >= 0.3 is 0 Å². The van der Waals surface area contributed by atoms with E-state index in [9.17, 15) is 4.79 Å². The second-order valence-electron chi connectivity index (χ2n) is 4.02. The van der Waals surface area contributed by atoms with E-state index in [-0.39, 0.29) is 0 Å². The summed E-state index contributed by atoms with van der Waals surface area (Å²) in [5.41, 5.74) is 6.90. The highest BCUT2D eigenvalue weighted by Gasteiger charge is 2.15. The average Bonchev–Trinajstić information content (AvgIpc) is 2.42. The molecule has 2 N–H and O–H groups in total. The highest BCUT2D eigenvalue weighted by molar-refractivity contribution is 6.33. The standard InChI is InChI=1S/C15H13ClN2O/c16-13-9-5-4-8-12(13)10-18-14(15(17)19)11-6-2-1-3-7-11/h1-10,14H,(H2,17,19)/t14-/m0/s1. The lowest BCUT2D eigenvalue weighted by molar-refractivity contribution is -0.119. The molecule has 4 heteroatoms. The van der Waals surface area contributed by atoms with E-state index in [0.29, 0.717) is 5.02 Å². The molecule has 2 aromatic rings. The highest BCUT2D eigenvalue weighted by Crippen LogP contribution is 2.18. The van der Waals surface area contributed by atoms with Gasteiger partial charge in [-0.05, 0) is 11.6 Å². The second-order valence-corrected chi connectivity index (χ2v) is 4.42. The van der Waals surface area contributed by atoms with Crippen LogP contribution in [0.5, 0.6) is 0 Å². The summed E-state index contributed by atoms with van der Waals surface area (Å²) in [5.74, 6) is -0.491. The zero-order valence-electron chi connectivity index (χ0n) is 10.2. The fourth-order valence-corrected chi connectivity index (χ4v) is 1.88. The van der Waals surface area contributed by atoms with Gasteiger partial charge in [0.1, 0.15) is 0 Å². The van der Waals surface area contributed by atoms with Gasteiger partial charge in [0.15, 0.2) is 6.04 Å². The molecule has 0 bridgehead atoms. The largest absolute Gasteiger partial charge is 0.368 e. The van der Waals surface area contributed by atoms with Gasteiger partial charge in [0.2, 0.25) is 5.91 Å². The molecule has 2 aromatic carbocycles. The SMILES string of the molecule is NC(=O)[C@@H](N=Cc1ccccc1Cl)c1ccccc1. The Morgan fingerprint density at radius 3 is 2.37 bits per heavy atom. The Kier molecular flexibility index (Phi) is 4.31. The average molecular weight is 273 g/mol. The third kappa shape index (κ3) is 3.42. The molecule has 0 unspecified atom stereocenters. The molecule has 0 radical (unpaired) electrons. The van der Waals surface area contributed by atoms with Gasteiger partial charge in [0.25, 0.3) is 0 Å². The molecule has 1 amide bonds. The summed E-state index contributed by atoms with van der Waals surface area (Å²) in [5, 5.41) is 0.586. The number of benzene rings is 2. The molecule has 0 saturated carbocycles. The molecule has 19 heavy (non-hydrogen) atoms. The van der Waals surface area contributed by atoms with Crippen LogP contribution in [0.2, 0.25) is 5.02 Å². The topological polar surface area (TPSA) is 55.5 Å². The number of carbonyl (C=O) groups excluding carboxylic acids is 1. The summed E-state index contributed by atoms with van der Waals surface area (Å²) < 4.78 is 0. The Hall–Kier alpha value is -2.13. The van der Waals surface area contributed by atoms with Crippen molar-refractivity contribution >= 4 is 23.7 Å². The molecule has 0 aromatic heterocycles. The summed E-state index contributed by atoms with van der Waals surface area (Å²) in [6.45, 7) is 0. The predicted octanol–water partition coefficient (Wildman–Crippen LogP) is 2.99. The molecule has 96 valence electrons. The van der Waals surface area contributed by atoms with Crippen molar-refractivity contribution in [1.29, 1.82) is 0 Å². The number of halogens is 1. The third-order valence-corrected chi connectivity index (χ3v) is 3.00. The van der Waals surface area contributed by atoms with Crippen molar-refractivity contribution < 1.29 is 4.79 Å². The van der Waals surface area contributed by atoms with Crippen LogP contribution < -0.4 is 5.73 Å². The minimum atomic E-state index is -0.697. The first-order valence-corrected chi connectivity index (χ1v) is 6.18. The van der Waals surface area contributed by atoms with E-state index in [1.54, 1.807) is 12.3 Å². The molecule has 0 fully saturated rings. The van der Waals surface area contributed by atoms with Gasteiger partial charge in [0.05, 0.1) is 0 Å². The fourth-order valence-electron chi connectivity index (χ4n) is 1.69. The summed E-state index contributed by atoms with van der Waals surface area (Å²) in [6, 6.07) is 15.8. The molecule has 2 rings (SSSR count). The normalized spacial score (nSPS) is 12.5. The van der Waals surface area contributed by atoms with E-state index >= 15 is 0 Å². The monoisotopic (exact) mass is 272 g/mol. The molecular weight excluding hydrogens is 260 g/mol. The van der Waals surface area contributed by atoms with E-state index in [1.165, 1.54) is 0 Å². The summed E-state index contributed by atoms with van der Waals surface area (Å²) in [7, 11) is 0. The molecule has 0 spiro atoms. The number of aliphatic imine (C=N–C) groups is 1. The molecule has 1 atom stereocenters. The van der Waals surface area contributed by atoms with Crippen LogP contribution in [-0.4, -0.2) is 12.1 Å². The molecule has 0 aliphatic heterocycles. The van der Waals surface area contributed by atoms with E-state index in [1.807, 2.05) is 48.5 Å². The predicted molar refractivity (Wildman–Crippen MR) is 77.4 cm³/mol. The Labute approximate surface area is 116 Å². The van der Waals surface area contributed by atoms with Crippen LogP contribution in [0, 0.1) is 0 Å². The van der Waals surface area contributed by atoms with Crippen LogP contribution in [0.4, 0.5) is 0 Å². The maximum atomic E-state index is 11.5. The minimum absolute atomic E-state index is 0.491. The molecule has 3 nitrogen and oxygen atoms in total. The van der Waals surface area contributed by atoms with Gasteiger partial charge in [-0.1, -0.05) is 60.1 Å². The van der Waals surface area contributed by atoms with Gasteiger partial charge in [0, 0.05) is 16.8 Å². The van der Waals surface area contributed by atoms with Gasteiger partial charge in [-0.2, -0.15) is 0 Å². The van der Waals surface area contributed by atoms with Crippen molar-refractivity contribution in [2.45, 2.75) is 6.04 Å². The van der Waals surface area contributed by atoms with Crippen LogP contribution in [0.3, 0.4) is 0 Å². The van der Waals surface area contributed by atoms with Crippen LogP contribution in [0.25, 0.3) is 0 Å². The maximum absolute atomic E-state index is 11.5. The number of hydrogen-bond acceptors (Lipinski definition) is 2. The smallest absolute Gasteiger partial charge is 0.246 e.